The van der Waals surface area contributed by atoms with Crippen LogP contribution in [0.1, 0.15) is 33.0 Å². The van der Waals surface area contributed by atoms with Crippen LogP contribution < -0.4 is 10.0 Å². The zero-order chi connectivity index (χ0) is 19.2. The van der Waals surface area contributed by atoms with Gasteiger partial charge in [0.05, 0.1) is 16.7 Å². The van der Waals surface area contributed by atoms with Crippen LogP contribution in [-0.4, -0.2) is 38.5 Å². The summed E-state index contributed by atoms with van der Waals surface area (Å²) >= 11 is 1.53. The molecule has 1 fully saturated rings. The molecule has 2 atom stereocenters. The number of fused-ring (bicyclic) bond motifs is 1. The van der Waals surface area contributed by atoms with Gasteiger partial charge < -0.3 is 10.2 Å². The van der Waals surface area contributed by atoms with Gasteiger partial charge in [-0.3, -0.25) is 4.79 Å². The molecule has 2 aliphatic rings. The van der Waals surface area contributed by atoms with Gasteiger partial charge in [0.1, 0.15) is 4.90 Å². The number of carbonyl (C=O) groups excluding carboxylic acids is 1. The summed E-state index contributed by atoms with van der Waals surface area (Å²) in [6.07, 6.45) is 1.32. The lowest BCUT2D eigenvalue weighted by Crippen LogP contribution is -2.54. The molecular weight excluding hydrogens is 382 g/mol. The number of para-hydroxylation sites is 1. The lowest BCUT2D eigenvalue weighted by molar-refractivity contribution is 0.0663. The maximum absolute atomic E-state index is 12.9. The van der Waals surface area contributed by atoms with Crippen molar-refractivity contribution in [3.63, 3.8) is 0 Å². The van der Waals surface area contributed by atoms with Crippen molar-refractivity contribution in [2.75, 3.05) is 18.4 Å². The van der Waals surface area contributed by atoms with Crippen molar-refractivity contribution in [2.24, 2.45) is 5.92 Å². The Morgan fingerprint density at radius 2 is 2.04 bits per heavy atom. The van der Waals surface area contributed by atoms with Crippen LogP contribution in [0, 0.1) is 19.8 Å². The van der Waals surface area contributed by atoms with E-state index in [1.165, 1.54) is 11.3 Å². The van der Waals surface area contributed by atoms with Crippen molar-refractivity contribution >= 4 is 33.0 Å². The molecule has 1 aromatic heterocycles. The van der Waals surface area contributed by atoms with Crippen molar-refractivity contribution in [1.82, 2.24) is 9.62 Å². The Morgan fingerprint density at radius 3 is 2.78 bits per heavy atom. The number of sulfonamides is 1. The molecule has 1 saturated heterocycles. The summed E-state index contributed by atoms with van der Waals surface area (Å²) < 4.78 is 27.9. The molecule has 0 spiro atoms. The number of amides is 1. The number of nitrogens with one attached hydrogen (secondary N) is 2. The van der Waals surface area contributed by atoms with E-state index in [0.29, 0.717) is 18.8 Å². The molecule has 6 nitrogen and oxygen atoms in total. The molecule has 0 unspecified atom stereocenters. The lowest BCUT2D eigenvalue weighted by Gasteiger charge is -2.39. The van der Waals surface area contributed by atoms with Crippen molar-refractivity contribution in [1.29, 1.82) is 0 Å². The molecule has 2 aromatic rings. The molecule has 8 heteroatoms. The topological polar surface area (TPSA) is 78.5 Å². The van der Waals surface area contributed by atoms with E-state index in [1.54, 1.807) is 18.2 Å². The van der Waals surface area contributed by atoms with Crippen LogP contribution in [0.5, 0.6) is 0 Å². The van der Waals surface area contributed by atoms with E-state index in [9.17, 15) is 13.2 Å². The Balaban J connectivity index is 1.53. The van der Waals surface area contributed by atoms with E-state index in [-0.39, 0.29) is 16.7 Å². The van der Waals surface area contributed by atoms with Crippen LogP contribution in [-0.2, 0) is 10.0 Å². The minimum absolute atomic E-state index is 0.0213. The Kier molecular flexibility index (Phi) is 4.73. The first-order chi connectivity index (χ1) is 12.8. The summed E-state index contributed by atoms with van der Waals surface area (Å²) in [6, 6.07) is 8.86. The van der Waals surface area contributed by atoms with Crippen molar-refractivity contribution in [3.8, 4) is 0 Å². The third-order valence-electron chi connectivity index (χ3n) is 5.36. The molecule has 2 aliphatic heterocycles. The van der Waals surface area contributed by atoms with Crippen LogP contribution in [0.25, 0.3) is 0 Å². The minimum atomic E-state index is -3.55. The van der Waals surface area contributed by atoms with E-state index in [2.05, 4.69) is 10.0 Å². The Hall–Kier alpha value is -1.90. The summed E-state index contributed by atoms with van der Waals surface area (Å²) in [5.41, 5.74) is 1.75. The Labute approximate surface area is 163 Å². The van der Waals surface area contributed by atoms with E-state index in [0.717, 1.165) is 28.2 Å². The summed E-state index contributed by atoms with van der Waals surface area (Å²) in [5, 5.41) is 3.31. The maximum atomic E-state index is 12.9. The van der Waals surface area contributed by atoms with Gasteiger partial charge in [0.2, 0.25) is 10.0 Å². The SMILES string of the molecule is Cc1cc(C(=O)N2CCC[C@H]([C@H]3Nc4ccccc4S(=O)(=O)N3)C2)sc1C. The van der Waals surface area contributed by atoms with Crippen molar-refractivity contribution in [2.45, 2.75) is 37.8 Å². The number of carbonyl (C=O) groups is 1. The predicted octanol–water partition coefficient (Wildman–Crippen LogP) is 2.95. The normalized spacial score (nSPS) is 24.1. The second-order valence-electron chi connectivity index (χ2n) is 7.24. The molecule has 4 rings (SSSR count). The molecule has 144 valence electrons. The van der Waals surface area contributed by atoms with E-state index in [1.807, 2.05) is 30.9 Å². The number of thiophene rings is 1. The van der Waals surface area contributed by atoms with Crippen LogP contribution in [0.3, 0.4) is 0 Å². The number of aryl methyl sites for hydroxylation is 2. The smallest absolute Gasteiger partial charge is 0.263 e. The highest BCUT2D eigenvalue weighted by Gasteiger charge is 2.36. The molecule has 1 amide bonds. The van der Waals surface area contributed by atoms with Crippen LogP contribution in [0.2, 0.25) is 0 Å². The molecule has 0 aliphatic carbocycles. The number of nitrogens with zero attached hydrogens (tertiary/aromatic N) is 1. The fraction of sp³-hybridized carbons (Fsp3) is 0.421. The number of hydrogen-bond acceptors (Lipinski definition) is 5. The molecule has 0 bridgehead atoms. The zero-order valence-corrected chi connectivity index (χ0v) is 17.0. The fourth-order valence-corrected chi connectivity index (χ4v) is 6.15. The van der Waals surface area contributed by atoms with E-state index in [4.69, 9.17) is 0 Å². The molecular formula is C19H23N3O3S2. The highest BCUT2D eigenvalue weighted by molar-refractivity contribution is 7.89. The molecule has 27 heavy (non-hydrogen) atoms. The quantitative estimate of drug-likeness (QED) is 0.805. The van der Waals surface area contributed by atoms with Crippen molar-refractivity contribution in [3.05, 3.63) is 45.6 Å². The highest BCUT2D eigenvalue weighted by atomic mass is 32.2. The van der Waals surface area contributed by atoms with E-state index >= 15 is 0 Å². The highest BCUT2D eigenvalue weighted by Crippen LogP contribution is 2.31. The van der Waals surface area contributed by atoms with Crippen LogP contribution in [0.15, 0.2) is 35.2 Å². The first-order valence-corrected chi connectivity index (χ1v) is 11.4. The predicted molar refractivity (Wildman–Crippen MR) is 107 cm³/mol. The maximum Gasteiger partial charge on any atom is 0.263 e. The van der Waals surface area contributed by atoms with E-state index < -0.39 is 16.2 Å². The van der Waals surface area contributed by atoms with Crippen molar-refractivity contribution < 1.29 is 13.2 Å². The zero-order valence-electron chi connectivity index (χ0n) is 15.4. The molecule has 2 N–H and O–H groups in total. The van der Waals surface area contributed by atoms with Gasteiger partial charge in [-0.05, 0) is 50.5 Å². The summed E-state index contributed by atoms with van der Waals surface area (Å²) in [4.78, 5) is 16.9. The number of hydrogen-bond donors (Lipinski definition) is 2. The van der Waals surface area contributed by atoms with Gasteiger partial charge in [0, 0.05) is 23.9 Å². The minimum Gasteiger partial charge on any atom is -0.368 e. The molecule has 3 heterocycles. The second kappa shape index (κ2) is 6.92. The van der Waals surface area contributed by atoms with Gasteiger partial charge in [-0.1, -0.05) is 12.1 Å². The van der Waals surface area contributed by atoms with Gasteiger partial charge in [-0.15, -0.1) is 11.3 Å². The summed E-state index contributed by atoms with van der Waals surface area (Å²) in [7, 11) is -3.55. The molecule has 0 radical (unpaired) electrons. The number of benzene rings is 1. The largest absolute Gasteiger partial charge is 0.368 e. The number of rotatable bonds is 2. The van der Waals surface area contributed by atoms with Crippen LogP contribution >= 0.6 is 11.3 Å². The molecule has 0 saturated carbocycles. The number of anilines is 1. The second-order valence-corrected chi connectivity index (χ2v) is 10.2. The Bertz CT molecular complexity index is 964. The third-order valence-corrected chi connectivity index (χ3v) is 8.00. The van der Waals surface area contributed by atoms with Gasteiger partial charge in [-0.25, -0.2) is 8.42 Å². The van der Waals surface area contributed by atoms with Gasteiger partial charge in [0.15, 0.2) is 0 Å². The van der Waals surface area contributed by atoms with Gasteiger partial charge in [-0.2, -0.15) is 4.72 Å². The lowest BCUT2D eigenvalue weighted by atomic mass is 9.94. The fourth-order valence-electron chi connectivity index (χ4n) is 3.76. The molecule has 1 aromatic carbocycles. The summed E-state index contributed by atoms with van der Waals surface area (Å²) in [5.74, 6) is 0.0629. The summed E-state index contributed by atoms with van der Waals surface area (Å²) in [6.45, 7) is 5.28. The standard InChI is InChI=1S/C19H23N3O3S2/c1-12-10-16(26-13(12)2)19(23)22-9-5-6-14(11-22)18-20-15-7-3-4-8-17(15)27(24,25)21-18/h3-4,7-8,10,14,18,20-21H,5-6,9,11H2,1-2H3/t14-,18-/m0/s1. The Morgan fingerprint density at radius 1 is 1.26 bits per heavy atom. The monoisotopic (exact) mass is 405 g/mol. The average Bonchev–Trinajstić information content (AvgIpc) is 2.99. The van der Waals surface area contributed by atoms with Crippen LogP contribution in [0.4, 0.5) is 5.69 Å². The number of piperidine rings is 1. The van der Waals surface area contributed by atoms with Gasteiger partial charge >= 0.3 is 0 Å². The first-order valence-electron chi connectivity index (χ1n) is 9.09. The third kappa shape index (κ3) is 3.49. The average molecular weight is 406 g/mol. The first kappa shape index (κ1) is 18.5. The number of likely N-dealkylation sites (tertiary alicyclic amines) is 1. The van der Waals surface area contributed by atoms with Gasteiger partial charge in [0.25, 0.3) is 5.91 Å².